The molecule has 92 valence electrons. The number of nitrogens with zero attached hydrogens (tertiary/aromatic N) is 1. The predicted octanol–water partition coefficient (Wildman–Crippen LogP) is 0.788. The van der Waals surface area contributed by atoms with Crippen molar-refractivity contribution >= 4 is 11.6 Å². The number of hydrogen-bond donors (Lipinski definition) is 2. The fourth-order valence-electron chi connectivity index (χ4n) is 1.81. The molecule has 1 aromatic carbocycles. The van der Waals surface area contributed by atoms with Crippen LogP contribution in [0.4, 0.5) is 14.5 Å². The van der Waals surface area contributed by atoms with Gasteiger partial charge in [-0.25, -0.2) is 0 Å². The second kappa shape index (κ2) is 4.29. The molecule has 0 aliphatic carbocycles. The van der Waals surface area contributed by atoms with E-state index in [1.165, 1.54) is 24.3 Å². The minimum Gasteiger partial charge on any atom is -0.366 e. The molecule has 6 heteroatoms. The second-order valence-electron chi connectivity index (χ2n) is 3.91. The van der Waals surface area contributed by atoms with Gasteiger partial charge in [-0.1, -0.05) is 0 Å². The lowest BCUT2D eigenvalue weighted by molar-refractivity contribution is -0.0120. The summed E-state index contributed by atoms with van der Waals surface area (Å²) in [7, 11) is 0. The smallest absolute Gasteiger partial charge is 0.338 e. The molecule has 0 radical (unpaired) electrons. The van der Waals surface area contributed by atoms with Crippen LogP contribution < -0.4 is 16.0 Å². The monoisotopic (exact) mass is 241 g/mol. The summed E-state index contributed by atoms with van der Waals surface area (Å²) in [5.41, 5.74) is 5.79. The molecule has 2 rings (SSSR count). The molecule has 0 saturated carbocycles. The van der Waals surface area contributed by atoms with E-state index in [2.05, 4.69) is 5.32 Å². The Bertz CT molecular complexity index is 419. The highest BCUT2D eigenvalue weighted by atomic mass is 19.3. The molecular weight excluding hydrogens is 228 g/mol. The molecule has 0 unspecified atom stereocenters. The highest BCUT2D eigenvalue weighted by molar-refractivity contribution is 5.93. The van der Waals surface area contributed by atoms with Crippen LogP contribution in [0.2, 0.25) is 0 Å². The Hall–Kier alpha value is -1.69. The highest BCUT2D eigenvalue weighted by Crippen LogP contribution is 2.28. The zero-order valence-electron chi connectivity index (χ0n) is 9.12. The first-order chi connectivity index (χ1) is 8.00. The number of alkyl halides is 2. The van der Waals surface area contributed by atoms with Crippen LogP contribution in [0.5, 0.6) is 0 Å². The summed E-state index contributed by atoms with van der Waals surface area (Å²) in [5.74, 6) is -0.566. The molecular formula is C11H13F2N3O. The van der Waals surface area contributed by atoms with Crippen molar-refractivity contribution in [2.45, 2.75) is 6.05 Å². The number of hydrogen-bond acceptors (Lipinski definition) is 3. The molecule has 1 amide bonds. The molecule has 1 aliphatic heterocycles. The molecule has 1 saturated heterocycles. The van der Waals surface area contributed by atoms with Crippen molar-refractivity contribution in [2.24, 2.45) is 5.73 Å². The second-order valence-corrected chi connectivity index (χ2v) is 3.91. The molecule has 0 aromatic heterocycles. The van der Waals surface area contributed by atoms with Crippen LogP contribution in [0.3, 0.4) is 0 Å². The van der Waals surface area contributed by atoms with E-state index < -0.39 is 12.0 Å². The minimum absolute atomic E-state index is 0.225. The van der Waals surface area contributed by atoms with Crippen LogP contribution in [-0.2, 0) is 0 Å². The number of rotatable bonds is 2. The van der Waals surface area contributed by atoms with Crippen LogP contribution in [0.15, 0.2) is 24.3 Å². The molecule has 4 nitrogen and oxygen atoms in total. The van der Waals surface area contributed by atoms with Gasteiger partial charge in [-0.2, -0.15) is 8.78 Å². The molecule has 1 heterocycles. The number of piperazine rings is 1. The fraction of sp³-hybridized carbons (Fsp3) is 0.364. The van der Waals surface area contributed by atoms with Crippen molar-refractivity contribution in [3.63, 3.8) is 0 Å². The Balaban J connectivity index is 2.24. The predicted molar refractivity (Wildman–Crippen MR) is 60.1 cm³/mol. The third-order valence-electron chi connectivity index (χ3n) is 2.71. The maximum absolute atomic E-state index is 13.6. The van der Waals surface area contributed by atoms with Gasteiger partial charge in [0.1, 0.15) is 0 Å². The van der Waals surface area contributed by atoms with Gasteiger partial charge in [0.25, 0.3) is 0 Å². The SMILES string of the molecule is NC(=O)c1ccc(N2CCNCC2(F)F)cc1. The van der Waals surface area contributed by atoms with Gasteiger partial charge in [-0.05, 0) is 24.3 Å². The average molecular weight is 241 g/mol. The molecule has 0 atom stereocenters. The number of nitrogens with two attached hydrogens (primary N) is 1. The normalized spacial score (nSPS) is 19.1. The summed E-state index contributed by atoms with van der Waals surface area (Å²) in [6, 6.07) is 2.97. The maximum Gasteiger partial charge on any atom is 0.338 e. The van der Waals surface area contributed by atoms with Crippen LogP contribution in [0, 0.1) is 0 Å². The molecule has 0 bridgehead atoms. The first-order valence-electron chi connectivity index (χ1n) is 5.27. The number of carbonyl (C=O) groups is 1. The topological polar surface area (TPSA) is 58.4 Å². The minimum atomic E-state index is -2.91. The van der Waals surface area contributed by atoms with E-state index in [0.717, 1.165) is 4.90 Å². The zero-order chi connectivity index (χ0) is 12.5. The van der Waals surface area contributed by atoms with Crippen LogP contribution in [0.1, 0.15) is 10.4 Å². The number of primary amides is 1. The average Bonchev–Trinajstić information content (AvgIpc) is 2.28. The lowest BCUT2D eigenvalue weighted by atomic mass is 10.1. The molecule has 17 heavy (non-hydrogen) atoms. The van der Waals surface area contributed by atoms with E-state index in [0.29, 0.717) is 17.8 Å². The van der Waals surface area contributed by atoms with Crippen LogP contribution in [0.25, 0.3) is 0 Å². The summed E-state index contributed by atoms with van der Waals surface area (Å²) in [4.78, 5) is 11.9. The fourth-order valence-corrected chi connectivity index (χ4v) is 1.81. The molecule has 1 fully saturated rings. The quantitative estimate of drug-likeness (QED) is 0.752. The third kappa shape index (κ3) is 2.36. The summed E-state index contributed by atoms with van der Waals surface area (Å²) >= 11 is 0. The Morgan fingerprint density at radius 1 is 1.35 bits per heavy atom. The van der Waals surface area contributed by atoms with Crippen LogP contribution >= 0.6 is 0 Å². The summed E-state index contributed by atoms with van der Waals surface area (Å²) in [6.07, 6.45) is 0. The molecule has 1 aliphatic rings. The summed E-state index contributed by atoms with van der Waals surface area (Å²) in [5, 5.41) is 2.64. The number of anilines is 1. The van der Waals surface area contributed by atoms with E-state index in [-0.39, 0.29) is 13.1 Å². The Morgan fingerprint density at radius 2 is 2.00 bits per heavy atom. The van der Waals surface area contributed by atoms with E-state index in [1.807, 2.05) is 0 Å². The lowest BCUT2D eigenvalue weighted by Gasteiger charge is -2.37. The van der Waals surface area contributed by atoms with E-state index >= 15 is 0 Å². The number of amides is 1. The van der Waals surface area contributed by atoms with Gasteiger partial charge in [0, 0.05) is 24.3 Å². The largest absolute Gasteiger partial charge is 0.366 e. The van der Waals surface area contributed by atoms with Crippen molar-refractivity contribution < 1.29 is 13.6 Å². The molecule has 0 spiro atoms. The number of nitrogens with one attached hydrogen (secondary N) is 1. The van der Waals surface area contributed by atoms with Crippen molar-refractivity contribution in [2.75, 3.05) is 24.5 Å². The Kier molecular flexibility index (Phi) is 2.97. The first-order valence-corrected chi connectivity index (χ1v) is 5.27. The van der Waals surface area contributed by atoms with E-state index in [4.69, 9.17) is 5.73 Å². The van der Waals surface area contributed by atoms with Gasteiger partial charge in [0.15, 0.2) is 0 Å². The summed E-state index contributed by atoms with van der Waals surface area (Å²) < 4.78 is 27.2. The highest BCUT2D eigenvalue weighted by Gasteiger charge is 2.39. The number of benzene rings is 1. The third-order valence-corrected chi connectivity index (χ3v) is 2.71. The van der Waals surface area contributed by atoms with Crippen molar-refractivity contribution in [1.82, 2.24) is 5.32 Å². The van der Waals surface area contributed by atoms with E-state index in [9.17, 15) is 13.6 Å². The Labute approximate surface area is 97.4 Å². The van der Waals surface area contributed by atoms with Gasteiger partial charge in [0.05, 0.1) is 6.54 Å². The van der Waals surface area contributed by atoms with Gasteiger partial charge >= 0.3 is 6.05 Å². The summed E-state index contributed by atoms with van der Waals surface area (Å²) in [6.45, 7) is 0.362. The molecule has 3 N–H and O–H groups in total. The van der Waals surface area contributed by atoms with Gasteiger partial charge < -0.3 is 16.0 Å². The van der Waals surface area contributed by atoms with Crippen molar-refractivity contribution in [3.8, 4) is 0 Å². The van der Waals surface area contributed by atoms with Crippen molar-refractivity contribution in [3.05, 3.63) is 29.8 Å². The number of carbonyl (C=O) groups excluding carboxylic acids is 1. The van der Waals surface area contributed by atoms with Gasteiger partial charge in [0.2, 0.25) is 5.91 Å². The van der Waals surface area contributed by atoms with Gasteiger partial charge in [-0.3, -0.25) is 4.79 Å². The van der Waals surface area contributed by atoms with Crippen LogP contribution in [-0.4, -0.2) is 31.6 Å². The van der Waals surface area contributed by atoms with Gasteiger partial charge in [-0.15, -0.1) is 0 Å². The Morgan fingerprint density at radius 3 is 2.53 bits per heavy atom. The first kappa shape index (κ1) is 11.8. The lowest BCUT2D eigenvalue weighted by Crippen LogP contribution is -2.56. The van der Waals surface area contributed by atoms with Crippen molar-refractivity contribution in [1.29, 1.82) is 0 Å². The standard InChI is InChI=1S/C11H13F2N3O/c12-11(13)7-15-5-6-16(11)9-3-1-8(2-4-9)10(14)17/h1-4,15H,5-7H2,(H2,14,17). The maximum atomic E-state index is 13.6. The number of halogens is 2. The zero-order valence-corrected chi connectivity index (χ0v) is 9.12. The molecule has 1 aromatic rings. The van der Waals surface area contributed by atoms with E-state index in [1.54, 1.807) is 0 Å².